The summed E-state index contributed by atoms with van der Waals surface area (Å²) in [4.78, 5) is 10.8. The molecule has 1 aliphatic heterocycles. The molecule has 19 heavy (non-hydrogen) atoms. The molecule has 1 atom stereocenters. The van der Waals surface area contributed by atoms with Crippen molar-refractivity contribution in [1.82, 2.24) is 4.98 Å². The summed E-state index contributed by atoms with van der Waals surface area (Å²) >= 11 is 0. The highest BCUT2D eigenvalue weighted by Gasteiger charge is 2.28. The summed E-state index contributed by atoms with van der Waals surface area (Å²) in [5.74, 6) is 0.566. The minimum absolute atomic E-state index is 0.135. The maximum Gasteiger partial charge on any atom is 0.196 e. The number of aryl methyl sites for hydroxylation is 1. The molecule has 96 valence electrons. The Hall–Kier alpha value is -2.36. The molecule has 0 spiro atoms. The second kappa shape index (κ2) is 4.72. The first-order valence-corrected chi connectivity index (χ1v) is 6.32. The van der Waals surface area contributed by atoms with Crippen LogP contribution in [-0.4, -0.2) is 17.5 Å². The molecule has 0 radical (unpaired) electrons. The van der Waals surface area contributed by atoms with Gasteiger partial charge in [0.2, 0.25) is 0 Å². The molecule has 1 aromatic carbocycles. The zero-order valence-electron chi connectivity index (χ0n) is 10.8. The largest absolute Gasteiger partial charge is 0.369 e. The van der Waals surface area contributed by atoms with Crippen LogP contribution in [0.15, 0.2) is 53.7 Å². The van der Waals surface area contributed by atoms with E-state index in [0.717, 1.165) is 16.9 Å². The van der Waals surface area contributed by atoms with Crippen LogP contribution in [-0.2, 0) is 0 Å². The van der Waals surface area contributed by atoms with Crippen molar-refractivity contribution < 1.29 is 0 Å². The Labute approximate surface area is 112 Å². The smallest absolute Gasteiger partial charge is 0.196 e. The van der Waals surface area contributed by atoms with Gasteiger partial charge in [0.15, 0.2) is 5.96 Å². The van der Waals surface area contributed by atoms with E-state index in [1.54, 1.807) is 0 Å². The summed E-state index contributed by atoms with van der Waals surface area (Å²) in [6.07, 6.45) is 1.91. The number of rotatable bonds is 2. The Morgan fingerprint density at radius 2 is 1.95 bits per heavy atom. The van der Waals surface area contributed by atoms with Gasteiger partial charge in [-0.1, -0.05) is 24.3 Å². The maximum absolute atomic E-state index is 6.02. The molecule has 0 bridgehead atoms. The molecule has 0 saturated carbocycles. The number of nitrogens with two attached hydrogens (primary N) is 1. The summed E-state index contributed by atoms with van der Waals surface area (Å²) in [6, 6.07) is 14.3. The first-order valence-electron chi connectivity index (χ1n) is 6.32. The van der Waals surface area contributed by atoms with Crippen LogP contribution in [0, 0.1) is 6.92 Å². The van der Waals surface area contributed by atoms with Crippen LogP contribution in [0.5, 0.6) is 0 Å². The van der Waals surface area contributed by atoms with Gasteiger partial charge in [-0.05, 0) is 30.7 Å². The van der Waals surface area contributed by atoms with Gasteiger partial charge in [-0.25, -0.2) is 0 Å². The third-order valence-corrected chi connectivity index (χ3v) is 3.34. The Bertz CT molecular complexity index is 589. The summed E-state index contributed by atoms with van der Waals surface area (Å²) < 4.78 is 0. The predicted molar refractivity (Wildman–Crippen MR) is 77.1 cm³/mol. The second-order valence-electron chi connectivity index (χ2n) is 4.65. The molecule has 4 nitrogen and oxygen atoms in total. The molecule has 0 amide bonds. The standard InChI is InChI=1S/C15H16N4/c1-11-7-8-12(9-17-11)14-10-18-15(16)19(14)13-5-3-2-4-6-13/h2-9,14H,10H2,1H3,(H2,16,18). The molecule has 2 heterocycles. The molecule has 2 N–H and O–H groups in total. The molecule has 0 fully saturated rings. The van der Waals surface area contributed by atoms with Gasteiger partial charge < -0.3 is 10.6 Å². The average molecular weight is 252 g/mol. The van der Waals surface area contributed by atoms with Gasteiger partial charge in [0.05, 0.1) is 12.6 Å². The number of hydrogen-bond donors (Lipinski definition) is 1. The van der Waals surface area contributed by atoms with Crippen molar-refractivity contribution in [3.05, 3.63) is 59.9 Å². The Kier molecular flexibility index (Phi) is 2.91. The van der Waals surface area contributed by atoms with E-state index in [1.807, 2.05) is 49.5 Å². The Morgan fingerprint density at radius 3 is 2.63 bits per heavy atom. The van der Waals surface area contributed by atoms with Gasteiger partial charge in [-0.15, -0.1) is 0 Å². The van der Waals surface area contributed by atoms with Gasteiger partial charge in [0, 0.05) is 17.6 Å². The lowest BCUT2D eigenvalue weighted by Crippen LogP contribution is -2.36. The van der Waals surface area contributed by atoms with Crippen LogP contribution in [0.3, 0.4) is 0 Å². The van der Waals surface area contributed by atoms with Crippen LogP contribution >= 0.6 is 0 Å². The van der Waals surface area contributed by atoms with E-state index in [0.29, 0.717) is 12.5 Å². The SMILES string of the molecule is Cc1ccc(C2CN=C(N)N2c2ccccc2)cn1. The van der Waals surface area contributed by atoms with Crippen molar-refractivity contribution in [3.63, 3.8) is 0 Å². The monoisotopic (exact) mass is 252 g/mol. The molecule has 0 saturated heterocycles. The topological polar surface area (TPSA) is 54.5 Å². The van der Waals surface area contributed by atoms with Gasteiger partial charge in [-0.3, -0.25) is 9.98 Å². The summed E-state index contributed by atoms with van der Waals surface area (Å²) in [5, 5.41) is 0. The van der Waals surface area contributed by atoms with E-state index in [9.17, 15) is 0 Å². The fraction of sp³-hybridized carbons (Fsp3) is 0.200. The maximum atomic E-state index is 6.02. The number of anilines is 1. The van der Waals surface area contributed by atoms with E-state index in [1.165, 1.54) is 0 Å². The molecule has 0 aliphatic carbocycles. The first kappa shape index (κ1) is 11.7. The second-order valence-corrected chi connectivity index (χ2v) is 4.65. The first-order chi connectivity index (χ1) is 9.25. The Morgan fingerprint density at radius 1 is 1.16 bits per heavy atom. The van der Waals surface area contributed by atoms with Crippen LogP contribution in [0.4, 0.5) is 5.69 Å². The lowest BCUT2D eigenvalue weighted by molar-refractivity contribution is 0.763. The summed E-state index contributed by atoms with van der Waals surface area (Å²) in [7, 11) is 0. The van der Waals surface area contributed by atoms with Gasteiger partial charge in [0.1, 0.15) is 0 Å². The zero-order chi connectivity index (χ0) is 13.2. The summed E-state index contributed by atoms with van der Waals surface area (Å²) in [5.41, 5.74) is 9.24. The third kappa shape index (κ3) is 2.17. The average Bonchev–Trinajstić information content (AvgIpc) is 2.82. The molecule has 1 aromatic heterocycles. The van der Waals surface area contributed by atoms with E-state index < -0.39 is 0 Å². The number of para-hydroxylation sites is 1. The zero-order valence-corrected chi connectivity index (χ0v) is 10.8. The fourth-order valence-electron chi connectivity index (χ4n) is 2.33. The third-order valence-electron chi connectivity index (χ3n) is 3.34. The van der Waals surface area contributed by atoms with Crippen molar-refractivity contribution in [1.29, 1.82) is 0 Å². The predicted octanol–water partition coefficient (Wildman–Crippen LogP) is 2.27. The lowest BCUT2D eigenvalue weighted by Gasteiger charge is -2.26. The Balaban J connectivity index is 1.96. The van der Waals surface area contributed by atoms with Crippen LogP contribution in [0.25, 0.3) is 0 Å². The molecule has 2 aromatic rings. The minimum Gasteiger partial charge on any atom is -0.369 e. The van der Waals surface area contributed by atoms with E-state index in [4.69, 9.17) is 5.73 Å². The minimum atomic E-state index is 0.135. The number of nitrogens with zero attached hydrogens (tertiary/aromatic N) is 3. The van der Waals surface area contributed by atoms with Crippen LogP contribution in [0.1, 0.15) is 17.3 Å². The molecular formula is C15H16N4. The molecule has 4 heteroatoms. The van der Waals surface area contributed by atoms with Crippen LogP contribution < -0.4 is 10.6 Å². The van der Waals surface area contributed by atoms with Crippen molar-refractivity contribution in [3.8, 4) is 0 Å². The highest BCUT2D eigenvalue weighted by atomic mass is 15.3. The van der Waals surface area contributed by atoms with Gasteiger partial charge >= 0.3 is 0 Å². The van der Waals surface area contributed by atoms with Crippen molar-refractivity contribution >= 4 is 11.6 Å². The van der Waals surface area contributed by atoms with Crippen LogP contribution in [0.2, 0.25) is 0 Å². The molecular weight excluding hydrogens is 236 g/mol. The van der Waals surface area contributed by atoms with E-state index in [2.05, 4.69) is 20.9 Å². The van der Waals surface area contributed by atoms with Crippen molar-refractivity contribution in [2.75, 3.05) is 11.4 Å². The van der Waals surface area contributed by atoms with E-state index in [-0.39, 0.29) is 6.04 Å². The normalized spacial score (nSPS) is 18.5. The van der Waals surface area contributed by atoms with Gasteiger partial charge in [-0.2, -0.15) is 0 Å². The highest BCUT2D eigenvalue weighted by molar-refractivity contribution is 5.97. The lowest BCUT2D eigenvalue weighted by atomic mass is 10.1. The number of aromatic nitrogens is 1. The number of benzene rings is 1. The number of guanidine groups is 1. The number of aliphatic imine (C=N–C) groups is 1. The number of hydrogen-bond acceptors (Lipinski definition) is 4. The van der Waals surface area contributed by atoms with Gasteiger partial charge in [0.25, 0.3) is 0 Å². The molecule has 1 unspecified atom stereocenters. The van der Waals surface area contributed by atoms with Crippen molar-refractivity contribution in [2.45, 2.75) is 13.0 Å². The van der Waals surface area contributed by atoms with Crippen molar-refractivity contribution in [2.24, 2.45) is 10.7 Å². The summed E-state index contributed by atoms with van der Waals surface area (Å²) in [6.45, 7) is 2.66. The number of pyridine rings is 1. The highest BCUT2D eigenvalue weighted by Crippen LogP contribution is 2.30. The van der Waals surface area contributed by atoms with E-state index >= 15 is 0 Å². The molecule has 3 rings (SSSR count). The fourth-order valence-corrected chi connectivity index (χ4v) is 2.33. The molecule has 1 aliphatic rings. The quantitative estimate of drug-likeness (QED) is 0.892.